The monoisotopic (exact) mass is 390 g/mol. The van der Waals surface area contributed by atoms with Crippen LogP contribution in [0.3, 0.4) is 0 Å². The molecule has 7 nitrogen and oxygen atoms in total. The number of carbonyl (C=O) groups is 2. The van der Waals surface area contributed by atoms with Gasteiger partial charge in [-0.3, -0.25) is 9.59 Å². The van der Waals surface area contributed by atoms with Gasteiger partial charge in [0, 0.05) is 18.7 Å². The third-order valence-electron chi connectivity index (χ3n) is 5.50. The fraction of sp³-hybridized carbons (Fsp3) is 0.450. The van der Waals surface area contributed by atoms with Gasteiger partial charge in [0.25, 0.3) is 0 Å². The molecule has 0 aliphatic carbocycles. The Morgan fingerprint density at radius 3 is 2.57 bits per heavy atom. The molecule has 8 heteroatoms. The van der Waals surface area contributed by atoms with Crippen molar-refractivity contribution in [2.24, 2.45) is 5.41 Å². The van der Waals surface area contributed by atoms with Gasteiger partial charge in [0.05, 0.1) is 18.2 Å². The van der Waals surface area contributed by atoms with Crippen molar-refractivity contribution < 1.29 is 28.7 Å². The van der Waals surface area contributed by atoms with Crippen LogP contribution in [-0.2, 0) is 22.4 Å². The van der Waals surface area contributed by atoms with Gasteiger partial charge < -0.3 is 19.6 Å². The van der Waals surface area contributed by atoms with E-state index in [1.807, 2.05) is 0 Å². The third-order valence-corrected chi connectivity index (χ3v) is 5.50. The molecule has 1 saturated heterocycles. The Kier molecular flexibility index (Phi) is 5.51. The number of rotatable bonds is 5. The number of amides is 1. The molecule has 0 spiro atoms. The van der Waals surface area contributed by atoms with E-state index < -0.39 is 23.3 Å². The van der Waals surface area contributed by atoms with Crippen LogP contribution in [-0.4, -0.2) is 51.3 Å². The molecule has 1 aliphatic rings. The summed E-state index contributed by atoms with van der Waals surface area (Å²) in [7, 11) is 0. The highest BCUT2D eigenvalue weighted by Crippen LogP contribution is 2.35. The van der Waals surface area contributed by atoms with Crippen molar-refractivity contribution in [2.75, 3.05) is 13.1 Å². The number of piperidine rings is 1. The summed E-state index contributed by atoms with van der Waals surface area (Å²) in [6, 6.07) is 5.50. The lowest BCUT2D eigenvalue weighted by molar-refractivity contribution is -0.165. The second-order valence-corrected chi connectivity index (χ2v) is 7.36. The van der Waals surface area contributed by atoms with Crippen LogP contribution in [0.25, 0.3) is 0 Å². The number of aromatic nitrogens is 1. The molecule has 1 aliphatic heterocycles. The number of carboxylic acids is 1. The molecular weight excluding hydrogens is 367 g/mol. The van der Waals surface area contributed by atoms with Gasteiger partial charge in [-0.25, -0.2) is 4.39 Å². The highest BCUT2D eigenvalue weighted by Gasteiger charge is 2.50. The largest absolute Gasteiger partial charge is 0.481 e. The first-order chi connectivity index (χ1) is 13.2. The summed E-state index contributed by atoms with van der Waals surface area (Å²) in [5.41, 5.74) is 0.349. The van der Waals surface area contributed by atoms with E-state index in [2.05, 4.69) is 5.16 Å². The van der Waals surface area contributed by atoms with Crippen LogP contribution in [0.2, 0.25) is 0 Å². The minimum atomic E-state index is -1.55. The predicted octanol–water partition coefficient (Wildman–Crippen LogP) is 1.88. The van der Waals surface area contributed by atoms with Gasteiger partial charge in [0.2, 0.25) is 5.91 Å². The van der Waals surface area contributed by atoms with Crippen molar-refractivity contribution in [3.8, 4) is 0 Å². The number of hydrogen-bond donors (Lipinski definition) is 2. The normalized spacial score (nSPS) is 22.3. The average molecular weight is 390 g/mol. The molecule has 2 heterocycles. The number of likely N-dealkylation sites (tertiary alicyclic amines) is 1. The molecule has 0 unspecified atom stereocenters. The second-order valence-electron chi connectivity index (χ2n) is 7.36. The Morgan fingerprint density at radius 2 is 2.00 bits per heavy atom. The highest BCUT2D eigenvalue weighted by atomic mass is 19.1. The summed E-state index contributed by atoms with van der Waals surface area (Å²) in [6.45, 7) is 3.61. The van der Waals surface area contributed by atoms with E-state index in [1.165, 1.54) is 29.2 Å². The first kappa shape index (κ1) is 20.0. The number of aliphatic hydroxyl groups excluding tert-OH is 1. The summed E-state index contributed by atoms with van der Waals surface area (Å²) in [5.74, 6) is -1.29. The predicted molar refractivity (Wildman–Crippen MR) is 97.1 cm³/mol. The average Bonchev–Trinajstić information content (AvgIpc) is 2.97. The zero-order valence-corrected chi connectivity index (χ0v) is 15.8. The van der Waals surface area contributed by atoms with Crippen LogP contribution in [0.15, 0.2) is 28.8 Å². The molecule has 0 radical (unpaired) electrons. The summed E-state index contributed by atoms with van der Waals surface area (Å²) in [6.07, 6.45) is -0.901. The van der Waals surface area contributed by atoms with E-state index in [0.29, 0.717) is 22.6 Å². The quantitative estimate of drug-likeness (QED) is 0.808. The Labute approximate surface area is 161 Å². The number of carboxylic acid groups (broad SMARTS) is 1. The highest BCUT2D eigenvalue weighted by molar-refractivity contribution is 5.82. The topological polar surface area (TPSA) is 104 Å². The summed E-state index contributed by atoms with van der Waals surface area (Å²) in [4.78, 5) is 26.4. The van der Waals surface area contributed by atoms with Crippen molar-refractivity contribution in [1.82, 2.24) is 10.1 Å². The maximum absolute atomic E-state index is 13.2. The standard InChI is InChI=1S/C20H23FN2O5/c1-12-16(13(2)28-22-12)9-18(25)23-8-7-17(24)20(11-23,19(26)27)10-14-3-5-15(21)6-4-14/h3-6,17,24H,7-11H2,1-2H3,(H,26,27)/t17-,20-/m1/s1. The summed E-state index contributed by atoms with van der Waals surface area (Å²) in [5, 5.41) is 24.3. The van der Waals surface area contributed by atoms with E-state index in [-0.39, 0.29) is 38.3 Å². The van der Waals surface area contributed by atoms with Crippen LogP contribution in [0, 0.1) is 25.1 Å². The fourth-order valence-corrected chi connectivity index (χ4v) is 3.74. The Morgan fingerprint density at radius 1 is 1.32 bits per heavy atom. The number of hydrogen-bond acceptors (Lipinski definition) is 5. The molecule has 1 amide bonds. The third kappa shape index (κ3) is 3.77. The maximum Gasteiger partial charge on any atom is 0.314 e. The van der Waals surface area contributed by atoms with E-state index >= 15 is 0 Å². The molecular formula is C20H23FN2O5. The zero-order chi connectivity index (χ0) is 20.5. The van der Waals surface area contributed by atoms with E-state index in [0.717, 1.165) is 0 Å². The van der Waals surface area contributed by atoms with Crippen LogP contribution in [0.4, 0.5) is 4.39 Å². The molecule has 150 valence electrons. The lowest BCUT2D eigenvalue weighted by Crippen LogP contribution is -2.58. The smallest absolute Gasteiger partial charge is 0.314 e. The van der Waals surface area contributed by atoms with Gasteiger partial charge in [-0.05, 0) is 44.4 Å². The molecule has 2 aromatic rings. The minimum Gasteiger partial charge on any atom is -0.481 e. The Balaban J connectivity index is 1.83. The Hall–Kier alpha value is -2.74. The molecule has 1 aromatic heterocycles. The van der Waals surface area contributed by atoms with Gasteiger partial charge in [-0.1, -0.05) is 17.3 Å². The number of aryl methyl sites for hydroxylation is 2. The van der Waals surface area contributed by atoms with Crippen molar-refractivity contribution in [1.29, 1.82) is 0 Å². The maximum atomic E-state index is 13.2. The number of halogens is 1. The number of aliphatic carboxylic acids is 1. The molecule has 2 N–H and O–H groups in total. The minimum absolute atomic E-state index is 0.00111. The number of benzene rings is 1. The van der Waals surface area contributed by atoms with Gasteiger partial charge in [-0.2, -0.15) is 0 Å². The molecule has 1 aromatic carbocycles. The van der Waals surface area contributed by atoms with Crippen LogP contribution in [0.5, 0.6) is 0 Å². The van der Waals surface area contributed by atoms with E-state index in [9.17, 15) is 24.2 Å². The molecule has 28 heavy (non-hydrogen) atoms. The second kappa shape index (κ2) is 7.71. The van der Waals surface area contributed by atoms with Gasteiger partial charge in [0.1, 0.15) is 17.0 Å². The van der Waals surface area contributed by atoms with Gasteiger partial charge in [-0.15, -0.1) is 0 Å². The SMILES string of the molecule is Cc1noc(C)c1CC(=O)N1CC[C@@H](O)[C@](Cc2ccc(F)cc2)(C(=O)O)C1. The number of carbonyl (C=O) groups excluding carboxylic acids is 1. The molecule has 0 saturated carbocycles. The van der Waals surface area contributed by atoms with E-state index in [4.69, 9.17) is 4.52 Å². The molecule has 3 rings (SSSR count). The molecule has 1 fully saturated rings. The molecule has 0 bridgehead atoms. The summed E-state index contributed by atoms with van der Waals surface area (Å²) < 4.78 is 18.3. The first-order valence-corrected chi connectivity index (χ1v) is 9.08. The van der Waals surface area contributed by atoms with Gasteiger partial charge >= 0.3 is 5.97 Å². The van der Waals surface area contributed by atoms with Crippen LogP contribution >= 0.6 is 0 Å². The lowest BCUT2D eigenvalue weighted by Gasteiger charge is -2.43. The lowest BCUT2D eigenvalue weighted by atomic mass is 9.72. The van der Waals surface area contributed by atoms with Crippen LogP contribution < -0.4 is 0 Å². The van der Waals surface area contributed by atoms with Crippen molar-refractivity contribution in [3.05, 3.63) is 52.7 Å². The van der Waals surface area contributed by atoms with Crippen molar-refractivity contribution >= 4 is 11.9 Å². The number of nitrogens with zero attached hydrogens (tertiary/aromatic N) is 2. The zero-order valence-electron chi connectivity index (χ0n) is 15.8. The van der Waals surface area contributed by atoms with Crippen molar-refractivity contribution in [2.45, 2.75) is 39.2 Å². The molecule has 2 atom stereocenters. The fourth-order valence-electron chi connectivity index (χ4n) is 3.74. The van der Waals surface area contributed by atoms with E-state index in [1.54, 1.807) is 13.8 Å². The van der Waals surface area contributed by atoms with Crippen LogP contribution in [0.1, 0.15) is 29.0 Å². The van der Waals surface area contributed by atoms with Gasteiger partial charge in [0.15, 0.2) is 0 Å². The van der Waals surface area contributed by atoms with Crippen molar-refractivity contribution in [3.63, 3.8) is 0 Å². The first-order valence-electron chi connectivity index (χ1n) is 9.08. The summed E-state index contributed by atoms with van der Waals surface area (Å²) >= 11 is 0. The Bertz CT molecular complexity index is 860. The number of aliphatic hydroxyl groups is 1.